The number of halogens is 1. The van der Waals surface area contributed by atoms with Gasteiger partial charge in [0.15, 0.2) is 0 Å². The van der Waals surface area contributed by atoms with E-state index in [0.29, 0.717) is 17.2 Å². The summed E-state index contributed by atoms with van der Waals surface area (Å²) < 4.78 is 5.96. The molecular formula is C20H14ClNO. The fourth-order valence-electron chi connectivity index (χ4n) is 2.38. The lowest BCUT2D eigenvalue weighted by Crippen LogP contribution is -1.96. The Morgan fingerprint density at radius 2 is 1.65 bits per heavy atom. The zero-order valence-electron chi connectivity index (χ0n) is 12.4. The van der Waals surface area contributed by atoms with Gasteiger partial charge in [-0.2, -0.15) is 5.26 Å². The summed E-state index contributed by atoms with van der Waals surface area (Å²) in [7, 11) is 0. The minimum atomic E-state index is 0.490. The molecule has 3 rings (SSSR count). The number of hydrogen-bond acceptors (Lipinski definition) is 2. The molecule has 0 unspecified atom stereocenters. The lowest BCUT2D eigenvalue weighted by molar-refractivity contribution is 0.307. The Hall–Kier alpha value is -2.76. The monoisotopic (exact) mass is 319 g/mol. The third kappa shape index (κ3) is 3.71. The van der Waals surface area contributed by atoms with Crippen LogP contribution in [-0.2, 0) is 6.61 Å². The number of rotatable bonds is 4. The molecule has 3 heteroatoms. The smallest absolute Gasteiger partial charge is 0.127 e. The van der Waals surface area contributed by atoms with E-state index in [4.69, 9.17) is 21.6 Å². The molecule has 0 N–H and O–H groups in total. The normalized spacial score (nSPS) is 10.1. The maximum atomic E-state index is 9.11. The van der Waals surface area contributed by atoms with Crippen LogP contribution in [0.15, 0.2) is 72.8 Å². The summed E-state index contributed by atoms with van der Waals surface area (Å²) in [6.45, 7) is 0.490. The Morgan fingerprint density at radius 3 is 2.43 bits per heavy atom. The van der Waals surface area contributed by atoms with Crippen molar-refractivity contribution in [1.29, 1.82) is 5.26 Å². The topological polar surface area (TPSA) is 33.0 Å². The van der Waals surface area contributed by atoms with Gasteiger partial charge in [-0.25, -0.2) is 0 Å². The molecule has 0 radical (unpaired) electrons. The Morgan fingerprint density at radius 1 is 0.913 bits per heavy atom. The molecule has 0 aliphatic heterocycles. The quantitative estimate of drug-likeness (QED) is 0.640. The lowest BCUT2D eigenvalue weighted by atomic mass is 10.0. The summed E-state index contributed by atoms with van der Waals surface area (Å²) in [5, 5.41) is 9.65. The van der Waals surface area contributed by atoms with E-state index in [1.165, 1.54) is 0 Å². The van der Waals surface area contributed by atoms with Crippen molar-refractivity contribution in [3.05, 3.63) is 88.9 Å². The Labute approximate surface area is 140 Å². The number of hydrogen-bond donors (Lipinski definition) is 0. The van der Waals surface area contributed by atoms with Crippen LogP contribution < -0.4 is 4.74 Å². The second kappa shape index (κ2) is 7.00. The Bertz CT molecular complexity index is 853. The molecule has 0 aliphatic carbocycles. The maximum absolute atomic E-state index is 9.11. The van der Waals surface area contributed by atoms with Crippen molar-refractivity contribution in [2.24, 2.45) is 0 Å². The molecule has 0 heterocycles. The number of para-hydroxylation sites is 1. The van der Waals surface area contributed by atoms with Crippen molar-refractivity contribution in [2.45, 2.75) is 6.61 Å². The van der Waals surface area contributed by atoms with Gasteiger partial charge in [0, 0.05) is 10.6 Å². The molecule has 2 nitrogen and oxygen atoms in total. The van der Waals surface area contributed by atoms with E-state index in [9.17, 15) is 0 Å². The van der Waals surface area contributed by atoms with Crippen LogP contribution in [0.1, 0.15) is 11.1 Å². The van der Waals surface area contributed by atoms with Gasteiger partial charge in [-0.3, -0.25) is 0 Å². The lowest BCUT2D eigenvalue weighted by Gasteiger charge is -2.12. The first-order valence-electron chi connectivity index (χ1n) is 7.23. The second-order valence-electron chi connectivity index (χ2n) is 5.11. The van der Waals surface area contributed by atoms with Crippen molar-refractivity contribution in [3.63, 3.8) is 0 Å². The molecule has 0 spiro atoms. The van der Waals surface area contributed by atoms with E-state index in [0.717, 1.165) is 22.4 Å². The molecule has 0 aliphatic rings. The molecule has 23 heavy (non-hydrogen) atoms. The Kier molecular flexibility index (Phi) is 4.61. The molecule has 0 fully saturated rings. The van der Waals surface area contributed by atoms with Crippen molar-refractivity contribution in [3.8, 4) is 22.9 Å². The molecule has 0 bridgehead atoms. The highest BCUT2D eigenvalue weighted by atomic mass is 35.5. The van der Waals surface area contributed by atoms with E-state index in [-0.39, 0.29) is 0 Å². The van der Waals surface area contributed by atoms with Gasteiger partial charge in [-0.05, 0) is 35.4 Å². The third-order valence-corrected chi connectivity index (χ3v) is 3.68. The zero-order chi connectivity index (χ0) is 16.1. The summed E-state index contributed by atoms with van der Waals surface area (Å²) in [5.41, 5.74) is 3.43. The van der Waals surface area contributed by atoms with E-state index < -0.39 is 0 Å². The van der Waals surface area contributed by atoms with Gasteiger partial charge in [0.1, 0.15) is 12.4 Å². The minimum Gasteiger partial charge on any atom is -0.488 e. The van der Waals surface area contributed by atoms with Gasteiger partial charge in [0.25, 0.3) is 0 Å². The largest absolute Gasteiger partial charge is 0.488 e. The maximum Gasteiger partial charge on any atom is 0.127 e. The molecule has 3 aromatic carbocycles. The van der Waals surface area contributed by atoms with Crippen molar-refractivity contribution >= 4 is 11.6 Å². The average molecular weight is 320 g/mol. The van der Waals surface area contributed by atoms with Crippen LogP contribution in [-0.4, -0.2) is 0 Å². The first-order chi connectivity index (χ1) is 11.3. The molecule has 0 saturated heterocycles. The summed E-state index contributed by atoms with van der Waals surface area (Å²) in [4.78, 5) is 0. The fraction of sp³-hybridized carbons (Fsp3) is 0.0500. The minimum absolute atomic E-state index is 0.490. The summed E-state index contributed by atoms with van der Waals surface area (Å²) in [6, 6.07) is 25.2. The van der Waals surface area contributed by atoms with Crippen LogP contribution >= 0.6 is 11.6 Å². The third-order valence-electron chi connectivity index (χ3n) is 3.46. The molecule has 0 saturated carbocycles. The molecular weight excluding hydrogens is 306 g/mol. The first-order valence-corrected chi connectivity index (χ1v) is 7.61. The van der Waals surface area contributed by atoms with Crippen LogP contribution in [0.2, 0.25) is 5.02 Å². The van der Waals surface area contributed by atoms with Gasteiger partial charge in [-0.15, -0.1) is 0 Å². The molecule has 0 atom stereocenters. The standard InChI is InChI=1S/C20H14ClNO/c21-18-11-16(13-22)10-17(12-18)19-8-4-5-9-20(19)23-14-15-6-2-1-3-7-15/h1-12H,14H2. The highest BCUT2D eigenvalue weighted by Gasteiger charge is 2.08. The van der Waals surface area contributed by atoms with Crippen LogP contribution in [0.3, 0.4) is 0 Å². The summed E-state index contributed by atoms with van der Waals surface area (Å²) in [6.07, 6.45) is 0. The number of nitriles is 1. The number of ether oxygens (including phenoxy) is 1. The van der Waals surface area contributed by atoms with E-state index in [1.807, 2.05) is 66.7 Å². The van der Waals surface area contributed by atoms with Crippen LogP contribution in [0.5, 0.6) is 5.75 Å². The van der Waals surface area contributed by atoms with Gasteiger partial charge < -0.3 is 4.74 Å². The number of benzene rings is 3. The zero-order valence-corrected chi connectivity index (χ0v) is 13.1. The van der Waals surface area contributed by atoms with Crippen molar-refractivity contribution in [2.75, 3.05) is 0 Å². The van der Waals surface area contributed by atoms with Crippen molar-refractivity contribution in [1.82, 2.24) is 0 Å². The van der Waals surface area contributed by atoms with Gasteiger partial charge in [0.05, 0.1) is 11.6 Å². The van der Waals surface area contributed by atoms with Gasteiger partial charge >= 0.3 is 0 Å². The van der Waals surface area contributed by atoms with E-state index >= 15 is 0 Å². The predicted octanol–water partition coefficient (Wildman–Crippen LogP) is 5.46. The molecule has 0 amide bonds. The highest BCUT2D eigenvalue weighted by molar-refractivity contribution is 6.31. The SMILES string of the molecule is N#Cc1cc(Cl)cc(-c2ccccc2OCc2ccccc2)c1. The first kappa shape index (κ1) is 15.1. The number of nitrogens with zero attached hydrogens (tertiary/aromatic N) is 1. The summed E-state index contributed by atoms with van der Waals surface area (Å²) >= 11 is 6.11. The molecule has 112 valence electrons. The predicted molar refractivity (Wildman–Crippen MR) is 92.4 cm³/mol. The van der Waals surface area contributed by atoms with E-state index in [2.05, 4.69) is 6.07 Å². The Balaban J connectivity index is 1.92. The van der Waals surface area contributed by atoms with Crippen LogP contribution in [0.25, 0.3) is 11.1 Å². The van der Waals surface area contributed by atoms with E-state index in [1.54, 1.807) is 6.07 Å². The van der Waals surface area contributed by atoms with Gasteiger partial charge in [-0.1, -0.05) is 60.1 Å². The highest BCUT2D eigenvalue weighted by Crippen LogP contribution is 2.32. The molecule has 0 aromatic heterocycles. The summed E-state index contributed by atoms with van der Waals surface area (Å²) in [5.74, 6) is 0.766. The van der Waals surface area contributed by atoms with Crippen LogP contribution in [0, 0.1) is 11.3 Å². The fourth-order valence-corrected chi connectivity index (χ4v) is 2.61. The second-order valence-corrected chi connectivity index (χ2v) is 5.55. The van der Waals surface area contributed by atoms with Gasteiger partial charge in [0.2, 0.25) is 0 Å². The molecule has 3 aromatic rings. The van der Waals surface area contributed by atoms with Crippen molar-refractivity contribution < 1.29 is 4.74 Å². The average Bonchev–Trinajstić information content (AvgIpc) is 2.60. The van der Waals surface area contributed by atoms with Crippen LogP contribution in [0.4, 0.5) is 0 Å².